The number of rotatable bonds is 6. The third-order valence-electron chi connectivity index (χ3n) is 5.35. The first-order valence-corrected chi connectivity index (χ1v) is 8.80. The van der Waals surface area contributed by atoms with E-state index in [1.807, 2.05) is 24.3 Å². The number of hydrogen-bond donors (Lipinski definition) is 1. The summed E-state index contributed by atoms with van der Waals surface area (Å²) in [6.07, 6.45) is 4.08. The number of nitrogens with zero attached hydrogens (tertiary/aromatic N) is 1. The lowest BCUT2D eigenvalue weighted by molar-refractivity contribution is -0.129. The highest BCUT2D eigenvalue weighted by molar-refractivity contribution is 5.89. The van der Waals surface area contributed by atoms with Crippen LogP contribution in [0.3, 0.4) is 0 Å². The summed E-state index contributed by atoms with van der Waals surface area (Å²) >= 11 is 0. The van der Waals surface area contributed by atoms with Gasteiger partial charge in [-0.25, -0.2) is 0 Å². The molecule has 1 N–H and O–H groups in total. The van der Waals surface area contributed by atoms with Crippen LogP contribution in [0.25, 0.3) is 0 Å². The van der Waals surface area contributed by atoms with Crippen LogP contribution in [0.4, 0.5) is 0 Å². The van der Waals surface area contributed by atoms with E-state index in [0.717, 1.165) is 18.6 Å². The summed E-state index contributed by atoms with van der Waals surface area (Å²) in [6.45, 7) is 1.55. The second-order valence-corrected chi connectivity index (χ2v) is 7.12. The van der Waals surface area contributed by atoms with Crippen molar-refractivity contribution in [3.63, 3.8) is 0 Å². The SMILES string of the molecule is O=C(NCC1(c2ccccc2)CC1)C1CC(=O)N(Cc2ccco2)C1. The molecule has 5 heteroatoms. The average molecular weight is 338 g/mol. The van der Waals surface area contributed by atoms with Gasteiger partial charge < -0.3 is 14.6 Å². The minimum absolute atomic E-state index is 0.0146. The molecule has 2 heterocycles. The molecule has 2 aliphatic rings. The molecule has 1 aliphatic heterocycles. The van der Waals surface area contributed by atoms with Crippen molar-refractivity contribution in [1.82, 2.24) is 10.2 Å². The summed E-state index contributed by atoms with van der Waals surface area (Å²) in [6, 6.07) is 14.0. The minimum Gasteiger partial charge on any atom is -0.467 e. The molecule has 0 spiro atoms. The van der Waals surface area contributed by atoms with Crippen molar-refractivity contribution in [3.8, 4) is 0 Å². The van der Waals surface area contributed by atoms with Gasteiger partial charge in [-0.3, -0.25) is 9.59 Å². The quantitative estimate of drug-likeness (QED) is 0.880. The van der Waals surface area contributed by atoms with Crippen molar-refractivity contribution in [2.75, 3.05) is 13.1 Å². The molecule has 1 saturated heterocycles. The summed E-state index contributed by atoms with van der Waals surface area (Å²) in [5, 5.41) is 3.08. The molecular formula is C20H22N2O3. The van der Waals surface area contributed by atoms with Crippen molar-refractivity contribution in [3.05, 3.63) is 60.1 Å². The van der Waals surface area contributed by atoms with Crippen LogP contribution >= 0.6 is 0 Å². The van der Waals surface area contributed by atoms with Crippen molar-refractivity contribution in [2.45, 2.75) is 31.2 Å². The lowest BCUT2D eigenvalue weighted by Crippen LogP contribution is -2.37. The van der Waals surface area contributed by atoms with Crippen LogP contribution in [0, 0.1) is 5.92 Å². The number of carbonyl (C=O) groups is 2. The van der Waals surface area contributed by atoms with E-state index in [4.69, 9.17) is 4.42 Å². The molecule has 0 bridgehead atoms. The zero-order valence-electron chi connectivity index (χ0n) is 14.1. The number of carbonyl (C=O) groups excluding carboxylic acids is 2. The van der Waals surface area contributed by atoms with Gasteiger partial charge in [0.15, 0.2) is 0 Å². The highest BCUT2D eigenvalue weighted by Gasteiger charge is 2.45. The maximum Gasteiger partial charge on any atom is 0.225 e. The maximum absolute atomic E-state index is 12.5. The smallest absolute Gasteiger partial charge is 0.225 e. The van der Waals surface area contributed by atoms with Gasteiger partial charge in [-0.2, -0.15) is 0 Å². The van der Waals surface area contributed by atoms with E-state index in [9.17, 15) is 9.59 Å². The topological polar surface area (TPSA) is 62.6 Å². The summed E-state index contributed by atoms with van der Waals surface area (Å²) < 4.78 is 5.29. The molecule has 0 radical (unpaired) electrons. The molecule has 1 saturated carbocycles. The first-order valence-electron chi connectivity index (χ1n) is 8.80. The highest BCUT2D eigenvalue weighted by Crippen LogP contribution is 2.47. The summed E-state index contributed by atoms with van der Waals surface area (Å²) in [5.41, 5.74) is 1.38. The molecule has 130 valence electrons. The van der Waals surface area contributed by atoms with E-state index in [1.165, 1.54) is 5.56 Å². The van der Waals surface area contributed by atoms with Crippen molar-refractivity contribution in [1.29, 1.82) is 0 Å². The van der Waals surface area contributed by atoms with Crippen molar-refractivity contribution in [2.24, 2.45) is 5.92 Å². The normalized spacial score (nSPS) is 21.4. The van der Waals surface area contributed by atoms with Crippen LogP contribution in [-0.4, -0.2) is 29.8 Å². The molecule has 5 nitrogen and oxygen atoms in total. The zero-order chi connectivity index (χ0) is 17.3. The van der Waals surface area contributed by atoms with Crippen molar-refractivity contribution < 1.29 is 14.0 Å². The van der Waals surface area contributed by atoms with Crippen LogP contribution in [0.15, 0.2) is 53.1 Å². The van der Waals surface area contributed by atoms with E-state index in [1.54, 1.807) is 17.2 Å². The van der Waals surface area contributed by atoms with Gasteiger partial charge in [0.05, 0.1) is 18.7 Å². The molecule has 1 atom stereocenters. The molecule has 1 aliphatic carbocycles. The molecule has 1 unspecified atom stereocenters. The molecule has 2 fully saturated rings. The summed E-state index contributed by atoms with van der Waals surface area (Å²) in [7, 11) is 0. The molecule has 2 amide bonds. The number of likely N-dealkylation sites (tertiary alicyclic amines) is 1. The maximum atomic E-state index is 12.5. The molecular weight excluding hydrogens is 316 g/mol. The van der Waals surface area contributed by atoms with Gasteiger partial charge in [-0.05, 0) is 30.5 Å². The third kappa shape index (κ3) is 3.31. The van der Waals surface area contributed by atoms with E-state index in [2.05, 4.69) is 17.4 Å². The van der Waals surface area contributed by atoms with Gasteiger partial charge >= 0.3 is 0 Å². The lowest BCUT2D eigenvalue weighted by atomic mass is 9.95. The first kappa shape index (κ1) is 15.9. The van der Waals surface area contributed by atoms with Crippen LogP contribution in [-0.2, 0) is 21.5 Å². The predicted octanol–water partition coefficient (Wildman–Crippen LogP) is 2.48. The Hall–Kier alpha value is -2.56. The summed E-state index contributed by atoms with van der Waals surface area (Å²) in [4.78, 5) is 26.4. The van der Waals surface area contributed by atoms with E-state index in [0.29, 0.717) is 19.6 Å². The lowest BCUT2D eigenvalue weighted by Gasteiger charge is -2.19. The Labute approximate surface area is 147 Å². The monoisotopic (exact) mass is 338 g/mol. The van der Waals surface area contributed by atoms with Gasteiger partial charge in [0.1, 0.15) is 5.76 Å². The fourth-order valence-corrected chi connectivity index (χ4v) is 3.60. The Balaban J connectivity index is 1.32. The van der Waals surface area contributed by atoms with E-state index < -0.39 is 0 Å². The highest BCUT2D eigenvalue weighted by atomic mass is 16.3. The Morgan fingerprint density at radius 2 is 2.00 bits per heavy atom. The van der Waals surface area contributed by atoms with Crippen LogP contribution in [0.1, 0.15) is 30.6 Å². The second kappa shape index (κ2) is 6.39. The Kier molecular flexibility index (Phi) is 4.07. The Morgan fingerprint density at radius 1 is 1.20 bits per heavy atom. The Morgan fingerprint density at radius 3 is 2.68 bits per heavy atom. The number of furan rings is 1. The fourth-order valence-electron chi connectivity index (χ4n) is 3.60. The van der Waals surface area contributed by atoms with Crippen LogP contribution in [0.5, 0.6) is 0 Å². The Bertz CT molecular complexity index is 751. The van der Waals surface area contributed by atoms with E-state index in [-0.39, 0.29) is 29.6 Å². The number of nitrogens with one attached hydrogen (secondary N) is 1. The summed E-state index contributed by atoms with van der Waals surface area (Å²) in [5.74, 6) is 0.475. The average Bonchev–Trinajstić information content (AvgIpc) is 3.08. The largest absolute Gasteiger partial charge is 0.467 e. The van der Waals surface area contributed by atoms with Gasteiger partial charge in [-0.1, -0.05) is 30.3 Å². The van der Waals surface area contributed by atoms with Gasteiger partial charge in [0.2, 0.25) is 11.8 Å². The van der Waals surface area contributed by atoms with Gasteiger partial charge in [0, 0.05) is 24.9 Å². The van der Waals surface area contributed by atoms with Crippen molar-refractivity contribution >= 4 is 11.8 Å². The minimum atomic E-state index is -0.269. The molecule has 2 aromatic rings. The molecule has 4 rings (SSSR count). The number of hydrogen-bond acceptors (Lipinski definition) is 3. The number of benzene rings is 1. The van der Waals surface area contributed by atoms with Crippen LogP contribution < -0.4 is 5.32 Å². The van der Waals surface area contributed by atoms with Crippen LogP contribution in [0.2, 0.25) is 0 Å². The van der Waals surface area contributed by atoms with E-state index >= 15 is 0 Å². The zero-order valence-corrected chi connectivity index (χ0v) is 14.1. The van der Waals surface area contributed by atoms with Gasteiger partial charge in [0.25, 0.3) is 0 Å². The molecule has 25 heavy (non-hydrogen) atoms. The predicted molar refractivity (Wildman–Crippen MR) is 92.6 cm³/mol. The standard InChI is InChI=1S/C20H22N2O3/c23-18-11-15(12-22(18)13-17-7-4-10-25-17)19(24)21-14-20(8-9-20)16-5-2-1-3-6-16/h1-7,10,15H,8-9,11-14H2,(H,21,24). The molecule has 1 aromatic carbocycles. The second-order valence-electron chi connectivity index (χ2n) is 7.12. The third-order valence-corrected chi connectivity index (χ3v) is 5.35. The first-order chi connectivity index (χ1) is 12.2. The molecule has 1 aromatic heterocycles. The fraction of sp³-hybridized carbons (Fsp3) is 0.400. The van der Waals surface area contributed by atoms with Gasteiger partial charge in [-0.15, -0.1) is 0 Å². The number of amides is 2.